The minimum atomic E-state index is -0.731. The first-order valence-electron chi connectivity index (χ1n) is 10.5. The molecule has 1 amide bonds. The molecule has 0 fully saturated rings. The summed E-state index contributed by atoms with van der Waals surface area (Å²) in [6.45, 7) is 7.82. The Hall–Kier alpha value is -2.96. The highest BCUT2D eigenvalue weighted by atomic mass is 35.5. The maximum Gasteiger partial charge on any atom is 0.263 e. The topological polar surface area (TPSA) is 59.5 Å². The van der Waals surface area contributed by atoms with E-state index in [1.54, 1.807) is 24.3 Å². The van der Waals surface area contributed by atoms with Crippen molar-refractivity contribution in [2.45, 2.75) is 27.7 Å². The van der Waals surface area contributed by atoms with Gasteiger partial charge in [0.15, 0.2) is 17.4 Å². The summed E-state index contributed by atoms with van der Waals surface area (Å²) >= 11 is 12.5. The van der Waals surface area contributed by atoms with Crippen LogP contribution in [0.4, 0.5) is 10.2 Å². The second-order valence-electron chi connectivity index (χ2n) is 9.11. The monoisotopic (exact) mass is 502 g/mol. The van der Waals surface area contributed by atoms with Crippen molar-refractivity contribution < 1.29 is 18.7 Å². The summed E-state index contributed by atoms with van der Waals surface area (Å²) in [5, 5.41) is 0.433. The highest BCUT2D eigenvalue weighted by Crippen LogP contribution is 2.36. The normalized spacial score (nSPS) is 11.3. The number of hydrogen-bond donors (Lipinski definition) is 0. The van der Waals surface area contributed by atoms with E-state index in [0.29, 0.717) is 34.1 Å². The first-order chi connectivity index (χ1) is 15.9. The van der Waals surface area contributed by atoms with Crippen molar-refractivity contribution >= 4 is 40.7 Å². The van der Waals surface area contributed by atoms with E-state index in [-0.39, 0.29) is 27.6 Å². The molecule has 0 aliphatic rings. The Kier molecular flexibility index (Phi) is 7.64. The summed E-state index contributed by atoms with van der Waals surface area (Å²) in [6.07, 6.45) is 1.52. The molecule has 3 rings (SSSR count). The number of nitrogens with zero attached hydrogens (tertiary/aromatic N) is 2. The fourth-order valence-electron chi connectivity index (χ4n) is 3.17. The third-order valence-electron chi connectivity index (χ3n) is 4.98. The lowest BCUT2D eigenvalue weighted by Gasteiger charge is -2.24. The van der Waals surface area contributed by atoms with E-state index in [4.69, 9.17) is 27.9 Å². The van der Waals surface area contributed by atoms with Crippen molar-refractivity contribution in [2.75, 3.05) is 18.6 Å². The van der Waals surface area contributed by atoms with E-state index in [9.17, 15) is 14.0 Å². The lowest BCUT2D eigenvalue weighted by Crippen LogP contribution is -2.29. The molecule has 1 heterocycles. The zero-order valence-electron chi connectivity index (χ0n) is 19.6. The van der Waals surface area contributed by atoms with E-state index >= 15 is 0 Å². The quantitative estimate of drug-likeness (QED) is 0.337. The maximum atomic E-state index is 14.4. The molecule has 34 heavy (non-hydrogen) atoms. The Morgan fingerprint density at radius 2 is 1.79 bits per heavy atom. The molecule has 3 aromatic rings. The molecule has 178 valence electrons. The summed E-state index contributed by atoms with van der Waals surface area (Å²) in [6, 6.07) is 10.7. The summed E-state index contributed by atoms with van der Waals surface area (Å²) in [7, 11) is 1.47. The molecule has 0 saturated heterocycles. The van der Waals surface area contributed by atoms with E-state index in [2.05, 4.69) is 4.98 Å². The fraction of sp³-hybridized carbons (Fsp3) is 0.269. The number of aromatic nitrogens is 1. The van der Waals surface area contributed by atoms with Crippen LogP contribution >= 0.6 is 23.2 Å². The van der Waals surface area contributed by atoms with Gasteiger partial charge in [-0.3, -0.25) is 14.5 Å². The van der Waals surface area contributed by atoms with Gasteiger partial charge in [0.1, 0.15) is 5.82 Å². The predicted octanol–water partition coefficient (Wildman–Crippen LogP) is 7.10. The zero-order chi connectivity index (χ0) is 25.2. The molecule has 0 atom stereocenters. The van der Waals surface area contributed by atoms with Crippen LogP contribution in [0.1, 0.15) is 48.4 Å². The van der Waals surface area contributed by atoms with E-state index in [0.717, 1.165) is 0 Å². The molecule has 0 aliphatic heterocycles. The third kappa shape index (κ3) is 5.75. The average molecular weight is 503 g/mol. The van der Waals surface area contributed by atoms with Crippen molar-refractivity contribution in [1.29, 1.82) is 0 Å². The van der Waals surface area contributed by atoms with Crippen LogP contribution in [-0.2, 0) is 0 Å². The van der Waals surface area contributed by atoms with Gasteiger partial charge in [0.2, 0.25) is 0 Å². The van der Waals surface area contributed by atoms with Crippen LogP contribution in [0.2, 0.25) is 10.0 Å². The van der Waals surface area contributed by atoms with Crippen molar-refractivity contribution in [1.82, 2.24) is 4.98 Å². The number of halogens is 3. The Balaban J connectivity index is 2.10. The molecule has 5 nitrogen and oxygen atoms in total. The third-order valence-corrected chi connectivity index (χ3v) is 5.62. The number of carbonyl (C=O) groups is 2. The summed E-state index contributed by atoms with van der Waals surface area (Å²) < 4.78 is 20.4. The zero-order valence-corrected chi connectivity index (χ0v) is 21.1. The molecule has 0 aliphatic carbocycles. The number of Topliss-reactive ketones (excluding diaryl/α,β-unsaturated/α-hetero) is 1. The van der Waals surface area contributed by atoms with Gasteiger partial charge in [0.25, 0.3) is 5.91 Å². The lowest BCUT2D eigenvalue weighted by atomic mass is 9.98. The molecule has 8 heteroatoms. The second-order valence-corrected chi connectivity index (χ2v) is 9.92. The van der Waals surface area contributed by atoms with Crippen molar-refractivity contribution in [3.05, 3.63) is 75.7 Å². The number of ketones is 1. The van der Waals surface area contributed by atoms with Gasteiger partial charge >= 0.3 is 0 Å². The fourth-order valence-corrected chi connectivity index (χ4v) is 3.64. The number of amides is 1. The van der Waals surface area contributed by atoms with Gasteiger partial charge in [-0.25, -0.2) is 9.37 Å². The van der Waals surface area contributed by atoms with Gasteiger partial charge in [0.05, 0.1) is 17.2 Å². The van der Waals surface area contributed by atoms with Crippen LogP contribution in [0.25, 0.3) is 11.1 Å². The number of carbonyl (C=O) groups excluding carboxylic acids is 2. The molecule has 0 unspecified atom stereocenters. The minimum Gasteiger partial charge on any atom is -0.489 e. The van der Waals surface area contributed by atoms with Crippen LogP contribution < -0.4 is 9.64 Å². The standard InChI is InChI=1S/C26H25Cl2FN2O3/c1-15(32)16-9-10-19(27)18(11-16)17-12-22(34-14-26(2,3)4)24(30-13-17)31(5)25(33)23-20(28)7-6-8-21(23)29/h6-13H,14H2,1-5H3. The average Bonchev–Trinajstić information content (AvgIpc) is 2.76. The number of benzene rings is 2. The molecule has 2 aromatic carbocycles. The van der Waals surface area contributed by atoms with E-state index in [1.807, 2.05) is 20.8 Å². The van der Waals surface area contributed by atoms with Crippen molar-refractivity contribution in [2.24, 2.45) is 5.41 Å². The predicted molar refractivity (Wildman–Crippen MR) is 134 cm³/mol. The van der Waals surface area contributed by atoms with Crippen molar-refractivity contribution in [3.63, 3.8) is 0 Å². The molecule has 0 radical (unpaired) electrons. The van der Waals surface area contributed by atoms with Gasteiger partial charge in [-0.15, -0.1) is 0 Å². The highest BCUT2D eigenvalue weighted by molar-refractivity contribution is 6.34. The number of hydrogen-bond acceptors (Lipinski definition) is 4. The number of pyridine rings is 1. The SMILES string of the molecule is CC(=O)c1ccc(Cl)c(-c2cnc(N(C)C(=O)c3c(F)cccc3Cl)c(OCC(C)(C)C)c2)c1. The van der Waals surface area contributed by atoms with Crippen molar-refractivity contribution in [3.8, 4) is 16.9 Å². The first-order valence-corrected chi connectivity index (χ1v) is 11.3. The Bertz CT molecular complexity index is 1240. The maximum absolute atomic E-state index is 14.4. The molecule has 0 bridgehead atoms. The van der Waals surface area contributed by atoms with Gasteiger partial charge in [-0.2, -0.15) is 0 Å². The van der Waals surface area contributed by atoms with E-state index < -0.39 is 11.7 Å². The van der Waals surface area contributed by atoms with Crippen LogP contribution in [0.3, 0.4) is 0 Å². The van der Waals surface area contributed by atoms with E-state index in [1.165, 1.54) is 43.3 Å². The molecule has 0 saturated carbocycles. The Labute approximate surface area is 208 Å². The van der Waals surface area contributed by atoms with Gasteiger partial charge < -0.3 is 4.74 Å². The Morgan fingerprint density at radius 1 is 1.09 bits per heavy atom. The number of anilines is 1. The van der Waals surface area contributed by atoms with Crippen LogP contribution in [0.15, 0.2) is 48.7 Å². The van der Waals surface area contributed by atoms with Crippen LogP contribution in [-0.4, -0.2) is 30.3 Å². The minimum absolute atomic E-state index is 0.00143. The van der Waals surface area contributed by atoms with Gasteiger partial charge in [-0.05, 0) is 48.7 Å². The van der Waals surface area contributed by atoms with Gasteiger partial charge in [-0.1, -0.05) is 50.0 Å². The van der Waals surface area contributed by atoms with Crippen LogP contribution in [0.5, 0.6) is 5.75 Å². The number of rotatable bonds is 6. The van der Waals surface area contributed by atoms with Crippen LogP contribution in [0, 0.1) is 11.2 Å². The molecule has 0 spiro atoms. The molecule has 1 aromatic heterocycles. The smallest absolute Gasteiger partial charge is 0.263 e. The highest BCUT2D eigenvalue weighted by Gasteiger charge is 2.25. The summed E-state index contributed by atoms with van der Waals surface area (Å²) in [4.78, 5) is 30.6. The van der Waals surface area contributed by atoms with Gasteiger partial charge in [0, 0.05) is 35.0 Å². The molecule has 0 N–H and O–H groups in total. The summed E-state index contributed by atoms with van der Waals surface area (Å²) in [5.41, 5.74) is 1.26. The summed E-state index contributed by atoms with van der Waals surface area (Å²) in [5.74, 6) is -0.999. The Morgan fingerprint density at radius 3 is 2.41 bits per heavy atom. The lowest BCUT2D eigenvalue weighted by molar-refractivity contribution is 0.0985. The second kappa shape index (κ2) is 10.1. The first kappa shape index (κ1) is 25.7. The molecular weight excluding hydrogens is 478 g/mol. The number of ether oxygens (including phenoxy) is 1. The molecular formula is C26H25Cl2FN2O3. The largest absolute Gasteiger partial charge is 0.489 e.